The average molecular weight is 876 g/mol. The lowest BCUT2D eigenvalue weighted by molar-refractivity contribution is -0.870. The highest BCUT2D eigenvalue weighted by atomic mass is 31.2. The van der Waals surface area contributed by atoms with Gasteiger partial charge in [-0.2, -0.15) is 0 Å². The van der Waals surface area contributed by atoms with E-state index in [0.29, 0.717) is 17.4 Å². The Morgan fingerprint density at radius 3 is 1.61 bits per heavy atom. The molecule has 11 heteroatoms. The predicted molar refractivity (Wildman–Crippen MR) is 250 cm³/mol. The second kappa shape index (κ2) is 41.1. The van der Waals surface area contributed by atoms with E-state index in [1.807, 2.05) is 33.3 Å². The van der Waals surface area contributed by atoms with E-state index in [1.54, 1.807) is 6.08 Å². The van der Waals surface area contributed by atoms with Crippen molar-refractivity contribution in [2.75, 3.05) is 47.5 Å². The number of phosphoric ester groups is 1. The molecule has 0 bridgehead atoms. The number of hydrogen-bond donors (Lipinski definition) is 0. The zero-order valence-electron chi connectivity index (χ0n) is 39.1. The van der Waals surface area contributed by atoms with Crippen molar-refractivity contribution < 1.29 is 46.8 Å². The van der Waals surface area contributed by atoms with Gasteiger partial charge in [-0.05, 0) is 76.7 Å². The number of hydrogen-bond acceptors (Lipinski definition) is 9. The molecule has 0 heterocycles. The Hall–Kier alpha value is -2.88. The van der Waals surface area contributed by atoms with Crippen molar-refractivity contribution in [2.45, 2.75) is 180 Å². The molecule has 0 spiro atoms. The molecule has 0 saturated heterocycles. The number of rotatable bonds is 42. The number of carbonyl (C=O) groups excluding carboxylic acids is 3. The minimum absolute atomic E-state index is 0.0680. The highest BCUT2D eigenvalue weighted by Gasteiger charge is 2.22. The van der Waals surface area contributed by atoms with Crippen LogP contribution in [-0.4, -0.2) is 75.8 Å². The summed E-state index contributed by atoms with van der Waals surface area (Å²) in [6, 6.07) is 0. The van der Waals surface area contributed by atoms with Gasteiger partial charge in [0.15, 0.2) is 11.9 Å². The van der Waals surface area contributed by atoms with Gasteiger partial charge < -0.3 is 27.9 Å². The number of nitrogens with zero attached hydrogens (tertiary/aromatic N) is 1. The molecule has 0 N–H and O–H groups in total. The number of allylic oxidation sites excluding steroid dienone is 12. The highest BCUT2D eigenvalue weighted by Crippen LogP contribution is 2.38. The van der Waals surface area contributed by atoms with Gasteiger partial charge in [0.2, 0.25) is 0 Å². The van der Waals surface area contributed by atoms with E-state index in [0.717, 1.165) is 51.4 Å². The van der Waals surface area contributed by atoms with E-state index in [-0.39, 0.29) is 44.7 Å². The van der Waals surface area contributed by atoms with Gasteiger partial charge in [-0.1, -0.05) is 151 Å². The quantitative estimate of drug-likeness (QED) is 0.0112. The summed E-state index contributed by atoms with van der Waals surface area (Å²) in [5.74, 6) is -1.22. The maximum absolute atomic E-state index is 12.7. The average Bonchev–Trinajstić information content (AvgIpc) is 3.21. The smallest absolute Gasteiger partial charge is 0.306 e. The van der Waals surface area contributed by atoms with Crippen molar-refractivity contribution in [1.82, 2.24) is 0 Å². The van der Waals surface area contributed by atoms with Crippen molar-refractivity contribution in [3.8, 4) is 0 Å². The van der Waals surface area contributed by atoms with Crippen molar-refractivity contribution in [3.05, 3.63) is 72.9 Å². The molecule has 0 aromatic carbocycles. The molecule has 0 rings (SSSR count). The van der Waals surface area contributed by atoms with Crippen LogP contribution in [0.2, 0.25) is 0 Å². The van der Waals surface area contributed by atoms with E-state index in [1.165, 1.54) is 83.1 Å². The summed E-state index contributed by atoms with van der Waals surface area (Å²) >= 11 is 0. The molecule has 10 nitrogen and oxygen atoms in total. The third kappa shape index (κ3) is 45.0. The Balaban J connectivity index is 4.50. The second-order valence-electron chi connectivity index (χ2n) is 16.8. The van der Waals surface area contributed by atoms with Crippen LogP contribution < -0.4 is 4.89 Å². The van der Waals surface area contributed by atoms with Crippen molar-refractivity contribution in [3.63, 3.8) is 0 Å². The number of unbranched alkanes of at least 4 members (excludes halogenated alkanes) is 15. The SMILES string of the molecule is CCCCC/C=C\C/C=C\C/C=C\C=C\C(=O)CCCC(=O)O[C@H](COC(=O)CCCCCCCCCCC/C=C\C/C=C\CCCCC)COP(=O)([O-])OCC[N+](C)(C)C. The first kappa shape index (κ1) is 58.1. The van der Waals surface area contributed by atoms with Crippen LogP contribution in [0.3, 0.4) is 0 Å². The molecule has 0 saturated carbocycles. The fourth-order valence-electron chi connectivity index (χ4n) is 5.93. The Labute approximate surface area is 372 Å². The van der Waals surface area contributed by atoms with Gasteiger partial charge in [-0.25, -0.2) is 0 Å². The van der Waals surface area contributed by atoms with Crippen LogP contribution >= 0.6 is 7.82 Å². The number of quaternary nitrogens is 1. The van der Waals surface area contributed by atoms with E-state index < -0.39 is 32.5 Å². The zero-order valence-corrected chi connectivity index (χ0v) is 40.0. The second-order valence-corrected chi connectivity index (χ2v) is 18.2. The summed E-state index contributed by atoms with van der Waals surface area (Å²) in [4.78, 5) is 49.9. The van der Waals surface area contributed by atoms with Gasteiger partial charge in [0, 0.05) is 19.3 Å². The molecule has 1 unspecified atom stereocenters. The van der Waals surface area contributed by atoms with Crippen molar-refractivity contribution in [2.24, 2.45) is 0 Å². The Kier molecular flexibility index (Phi) is 39.2. The van der Waals surface area contributed by atoms with E-state index >= 15 is 0 Å². The molecule has 2 atom stereocenters. The lowest BCUT2D eigenvalue weighted by atomic mass is 10.1. The molecular formula is C50H86NO9P. The Morgan fingerprint density at radius 2 is 1.05 bits per heavy atom. The molecule has 0 radical (unpaired) electrons. The summed E-state index contributed by atoms with van der Waals surface area (Å²) in [5, 5.41) is 0. The Bertz CT molecular complexity index is 1330. The van der Waals surface area contributed by atoms with Crippen molar-refractivity contribution >= 4 is 25.5 Å². The van der Waals surface area contributed by atoms with Crippen LogP contribution in [0.1, 0.15) is 174 Å². The molecule has 0 amide bonds. The van der Waals surface area contributed by atoms with Crippen LogP contribution in [0.25, 0.3) is 0 Å². The van der Waals surface area contributed by atoms with E-state index in [2.05, 4.69) is 62.5 Å². The molecule has 350 valence electrons. The van der Waals surface area contributed by atoms with Gasteiger partial charge in [-0.15, -0.1) is 0 Å². The first-order valence-electron chi connectivity index (χ1n) is 23.6. The lowest BCUT2D eigenvalue weighted by Crippen LogP contribution is -2.37. The van der Waals surface area contributed by atoms with Gasteiger partial charge in [-0.3, -0.25) is 18.9 Å². The largest absolute Gasteiger partial charge is 0.756 e. The lowest BCUT2D eigenvalue weighted by Gasteiger charge is -2.28. The van der Waals surface area contributed by atoms with Gasteiger partial charge in [0.25, 0.3) is 7.82 Å². The molecular weight excluding hydrogens is 790 g/mol. The monoisotopic (exact) mass is 876 g/mol. The number of ketones is 1. The minimum atomic E-state index is -4.70. The van der Waals surface area contributed by atoms with Crippen LogP contribution in [0.5, 0.6) is 0 Å². The van der Waals surface area contributed by atoms with Crippen LogP contribution in [0.15, 0.2) is 72.9 Å². The van der Waals surface area contributed by atoms with E-state index in [9.17, 15) is 23.8 Å². The fourth-order valence-corrected chi connectivity index (χ4v) is 6.66. The summed E-state index contributed by atoms with van der Waals surface area (Å²) in [6.45, 7) is 3.88. The third-order valence-electron chi connectivity index (χ3n) is 9.68. The zero-order chi connectivity index (χ0) is 45.1. The molecule has 0 aromatic rings. The maximum atomic E-state index is 12.7. The number of likely N-dealkylation sites (N-methyl/N-ethyl adjacent to an activating group) is 1. The molecule has 0 aliphatic carbocycles. The predicted octanol–water partition coefficient (Wildman–Crippen LogP) is 12.3. The van der Waals surface area contributed by atoms with Crippen molar-refractivity contribution in [1.29, 1.82) is 0 Å². The first-order chi connectivity index (χ1) is 29.4. The summed E-state index contributed by atoms with van der Waals surface area (Å²) in [6.07, 6.45) is 47.9. The van der Waals surface area contributed by atoms with Crippen LogP contribution in [0, 0.1) is 0 Å². The molecule has 61 heavy (non-hydrogen) atoms. The minimum Gasteiger partial charge on any atom is -0.756 e. The number of phosphoric acid groups is 1. The molecule has 0 aliphatic heterocycles. The number of carbonyl (C=O) groups is 3. The fraction of sp³-hybridized carbons (Fsp3) is 0.700. The maximum Gasteiger partial charge on any atom is 0.306 e. The molecule has 0 fully saturated rings. The van der Waals surface area contributed by atoms with Crippen LogP contribution in [0.4, 0.5) is 0 Å². The normalized spacial score (nSPS) is 14.1. The molecule has 0 aromatic heterocycles. The van der Waals surface area contributed by atoms with E-state index in [4.69, 9.17) is 18.5 Å². The van der Waals surface area contributed by atoms with Gasteiger partial charge in [0.1, 0.15) is 19.8 Å². The van der Waals surface area contributed by atoms with Gasteiger partial charge >= 0.3 is 11.9 Å². The van der Waals surface area contributed by atoms with Crippen LogP contribution in [-0.2, 0) is 37.5 Å². The molecule has 0 aliphatic rings. The summed E-state index contributed by atoms with van der Waals surface area (Å²) in [5.41, 5.74) is 0. The first-order valence-corrected chi connectivity index (χ1v) is 25.1. The highest BCUT2D eigenvalue weighted by molar-refractivity contribution is 7.45. The topological polar surface area (TPSA) is 128 Å². The number of esters is 2. The Morgan fingerprint density at radius 1 is 0.557 bits per heavy atom. The van der Waals surface area contributed by atoms with Gasteiger partial charge in [0.05, 0.1) is 27.7 Å². The summed E-state index contributed by atoms with van der Waals surface area (Å²) < 4.78 is 33.7. The standard InChI is InChI=1S/C50H86NO9P/c1-6-8-10-12-14-16-18-20-21-22-23-24-25-27-29-31-33-35-37-41-49(53)57-45-48(46-59-61(55,56)58-44-43-51(3,4)5)60-50(54)42-38-40-47(52)39-36-34-32-30-28-26-19-17-15-13-11-9-7-2/h14-17,20-21,26,28,32,34,36,39,48H,6-13,18-19,22-25,27,29-31,33,35,37-38,40-46H2,1-5H3/b16-14-,17-15-,21-20-,28-26-,34-32-,39-36+/t48-/m1/s1. The number of ether oxygens (including phenoxy) is 2. The third-order valence-corrected chi connectivity index (χ3v) is 10.6. The summed E-state index contributed by atoms with van der Waals surface area (Å²) in [7, 11) is 1.01.